The Kier molecular flexibility index (Phi) is 25.8. The van der Waals surface area contributed by atoms with Crippen LogP contribution in [0.15, 0.2) is 0 Å². The molecule has 0 aliphatic heterocycles. The summed E-state index contributed by atoms with van der Waals surface area (Å²) >= 11 is 0. The van der Waals surface area contributed by atoms with Crippen LogP contribution in [0.25, 0.3) is 0 Å². The van der Waals surface area contributed by atoms with Gasteiger partial charge in [-0.25, -0.2) is 0 Å². The number of hydrogen-bond acceptors (Lipinski definition) is 4. The third-order valence-corrected chi connectivity index (χ3v) is 7.83. The van der Waals surface area contributed by atoms with Crippen molar-refractivity contribution in [2.24, 2.45) is 0 Å². The molecule has 0 spiro atoms. The molecule has 35 heavy (non-hydrogen) atoms. The Bertz CT molecular complexity index is 509. The Labute approximate surface area is 221 Å². The molecule has 0 saturated heterocycles. The molecule has 0 rings (SSSR count). The smallest absolute Gasteiger partial charge is 0.0883 e. The first kappa shape index (κ1) is 39.3. The molecule has 0 aliphatic carbocycles. The Morgan fingerprint density at radius 2 is 0.800 bits per heavy atom. The van der Waals surface area contributed by atoms with E-state index in [2.05, 4.69) is 69.7 Å². The van der Waals surface area contributed by atoms with E-state index in [-0.39, 0.29) is 0 Å². The molecule has 216 valence electrons. The molecule has 7 heteroatoms. The number of quaternary nitrogens is 2. The van der Waals surface area contributed by atoms with E-state index < -0.39 is 10.4 Å². The lowest BCUT2D eigenvalue weighted by molar-refractivity contribution is -0.914. The SMILES string of the molecule is CCCCCCCC(CC)[N+](C)(C)CC.CCCCCCCC(CC)[N+](C)(C)CC.O=S(=O)([O-])[O-]. The van der Waals surface area contributed by atoms with Crippen molar-refractivity contribution in [3.05, 3.63) is 0 Å². The molecule has 2 atom stereocenters. The molecule has 0 aromatic carbocycles. The van der Waals surface area contributed by atoms with Crippen LogP contribution in [0.2, 0.25) is 0 Å². The number of hydrogen-bond donors (Lipinski definition) is 0. The molecule has 0 saturated carbocycles. The summed E-state index contributed by atoms with van der Waals surface area (Å²) in [5.74, 6) is 0. The topological polar surface area (TPSA) is 80.3 Å². The Hall–Kier alpha value is -0.210. The zero-order chi connectivity index (χ0) is 28.0. The number of nitrogens with zero attached hydrogens (tertiary/aromatic N) is 2. The van der Waals surface area contributed by atoms with Gasteiger partial charge in [-0.15, -0.1) is 0 Å². The molecule has 0 aliphatic rings. The summed E-state index contributed by atoms with van der Waals surface area (Å²) in [4.78, 5) is 0. The fraction of sp³-hybridized carbons (Fsp3) is 1.00. The van der Waals surface area contributed by atoms with Crippen molar-refractivity contribution >= 4 is 10.4 Å². The van der Waals surface area contributed by atoms with Crippen molar-refractivity contribution in [2.45, 2.75) is 144 Å². The first-order valence-electron chi connectivity index (χ1n) is 14.5. The predicted octanol–water partition coefficient (Wildman–Crippen LogP) is 7.11. The van der Waals surface area contributed by atoms with Gasteiger partial charge >= 0.3 is 0 Å². The lowest BCUT2D eigenvalue weighted by atomic mass is 10.0. The van der Waals surface area contributed by atoms with Gasteiger partial charge in [0.05, 0.1) is 53.4 Å². The summed E-state index contributed by atoms with van der Waals surface area (Å²) in [6, 6.07) is 1.74. The summed E-state index contributed by atoms with van der Waals surface area (Å²) < 4.78 is 36.5. The zero-order valence-corrected chi connectivity index (χ0v) is 26.2. The van der Waals surface area contributed by atoms with Gasteiger partial charge in [0.15, 0.2) is 0 Å². The molecule has 0 bridgehead atoms. The fourth-order valence-electron chi connectivity index (χ4n) is 4.58. The highest BCUT2D eigenvalue weighted by Gasteiger charge is 2.24. The highest BCUT2D eigenvalue weighted by atomic mass is 32.3. The fourth-order valence-corrected chi connectivity index (χ4v) is 4.58. The van der Waals surface area contributed by atoms with Crippen molar-refractivity contribution < 1.29 is 26.5 Å². The van der Waals surface area contributed by atoms with Crippen molar-refractivity contribution in [3.8, 4) is 0 Å². The van der Waals surface area contributed by atoms with E-state index in [9.17, 15) is 0 Å². The van der Waals surface area contributed by atoms with Gasteiger partial charge in [0.25, 0.3) is 0 Å². The molecule has 0 amide bonds. The maximum absolute atomic E-state index is 8.52. The van der Waals surface area contributed by atoms with Gasteiger partial charge in [-0.2, -0.15) is 0 Å². The second-order valence-corrected chi connectivity index (χ2v) is 11.9. The quantitative estimate of drug-likeness (QED) is 0.0828. The van der Waals surface area contributed by atoms with E-state index in [1.807, 2.05) is 0 Å². The lowest BCUT2D eigenvalue weighted by Crippen LogP contribution is -2.48. The second kappa shape index (κ2) is 22.9. The van der Waals surface area contributed by atoms with E-state index in [0.29, 0.717) is 0 Å². The van der Waals surface area contributed by atoms with Crippen molar-refractivity contribution in [1.82, 2.24) is 0 Å². The van der Waals surface area contributed by atoms with Crippen LogP contribution in [0.5, 0.6) is 0 Å². The zero-order valence-electron chi connectivity index (χ0n) is 25.4. The summed E-state index contributed by atoms with van der Waals surface area (Å²) in [5, 5.41) is 0. The van der Waals surface area contributed by atoms with Gasteiger partial charge in [0.1, 0.15) is 0 Å². The van der Waals surface area contributed by atoms with Crippen LogP contribution in [0.4, 0.5) is 0 Å². The summed E-state index contributed by atoms with van der Waals surface area (Å²) in [5.41, 5.74) is 0. The van der Waals surface area contributed by atoms with Gasteiger partial charge in [-0.1, -0.05) is 79.1 Å². The maximum Gasteiger partial charge on any atom is 0.0883 e. The van der Waals surface area contributed by atoms with E-state index in [0.717, 1.165) is 12.1 Å². The molecule has 0 fully saturated rings. The normalized spacial score (nSPS) is 13.8. The summed E-state index contributed by atoms with van der Waals surface area (Å²) in [6.07, 6.45) is 19.7. The van der Waals surface area contributed by atoms with Crippen LogP contribution in [-0.2, 0) is 10.4 Å². The third-order valence-electron chi connectivity index (χ3n) is 7.83. The van der Waals surface area contributed by atoms with Crippen molar-refractivity contribution in [3.63, 3.8) is 0 Å². The summed E-state index contributed by atoms with van der Waals surface area (Å²) in [6.45, 7) is 16.4. The first-order valence-corrected chi connectivity index (χ1v) is 15.8. The minimum atomic E-state index is -5.17. The van der Waals surface area contributed by atoms with Crippen molar-refractivity contribution in [1.29, 1.82) is 0 Å². The Balaban J connectivity index is -0.000000491. The van der Waals surface area contributed by atoms with E-state index in [4.69, 9.17) is 17.5 Å². The highest BCUT2D eigenvalue weighted by Crippen LogP contribution is 2.19. The molecule has 6 nitrogen and oxygen atoms in total. The molecule has 0 aromatic rings. The molecule has 0 radical (unpaired) electrons. The van der Waals surface area contributed by atoms with Gasteiger partial charge in [-0.05, 0) is 52.4 Å². The van der Waals surface area contributed by atoms with Crippen molar-refractivity contribution in [2.75, 3.05) is 41.3 Å². The molecular formula is C28H64N2O4S. The molecular weight excluding hydrogens is 460 g/mol. The van der Waals surface area contributed by atoms with Crippen LogP contribution >= 0.6 is 0 Å². The third kappa shape index (κ3) is 26.7. The minimum Gasteiger partial charge on any atom is -0.759 e. The van der Waals surface area contributed by atoms with Crippen LogP contribution in [0.3, 0.4) is 0 Å². The number of rotatable bonds is 18. The second-order valence-electron chi connectivity index (χ2n) is 11.1. The Morgan fingerprint density at radius 3 is 1.00 bits per heavy atom. The summed E-state index contributed by atoms with van der Waals surface area (Å²) in [7, 11) is 4.33. The first-order chi connectivity index (χ1) is 16.2. The predicted molar refractivity (Wildman–Crippen MR) is 151 cm³/mol. The van der Waals surface area contributed by atoms with Crippen LogP contribution in [0.1, 0.15) is 131 Å². The standard InChI is InChI=1S/2C14H32N.H2O4S/c2*1-6-9-10-11-12-13-14(7-2)15(4,5)8-3;1-5(2,3)4/h2*14H,6-13H2,1-5H3;(H2,1,2,3,4)/q2*+1;/p-2. The van der Waals surface area contributed by atoms with Crippen LogP contribution < -0.4 is 0 Å². The van der Waals surface area contributed by atoms with E-state index in [1.165, 1.54) is 112 Å². The Morgan fingerprint density at radius 1 is 0.543 bits per heavy atom. The highest BCUT2D eigenvalue weighted by molar-refractivity contribution is 7.79. The molecule has 0 N–H and O–H groups in total. The van der Waals surface area contributed by atoms with Gasteiger partial charge in [-0.3, -0.25) is 8.42 Å². The average Bonchev–Trinajstić information content (AvgIpc) is 2.77. The van der Waals surface area contributed by atoms with Gasteiger partial charge in [0.2, 0.25) is 0 Å². The number of unbranched alkanes of at least 4 members (excludes halogenated alkanes) is 8. The van der Waals surface area contributed by atoms with E-state index >= 15 is 0 Å². The lowest BCUT2D eigenvalue weighted by Gasteiger charge is -2.37. The minimum absolute atomic E-state index is 0.872. The van der Waals surface area contributed by atoms with Crippen LogP contribution in [0, 0.1) is 0 Å². The van der Waals surface area contributed by atoms with Crippen LogP contribution in [-0.4, -0.2) is 79.9 Å². The largest absolute Gasteiger partial charge is 0.759 e. The van der Waals surface area contributed by atoms with E-state index in [1.54, 1.807) is 0 Å². The molecule has 0 aromatic heterocycles. The molecule has 0 heterocycles. The monoisotopic (exact) mass is 524 g/mol. The molecule has 2 unspecified atom stereocenters. The average molecular weight is 525 g/mol. The maximum atomic E-state index is 8.52. The van der Waals surface area contributed by atoms with Gasteiger partial charge < -0.3 is 18.1 Å². The van der Waals surface area contributed by atoms with Gasteiger partial charge in [0, 0.05) is 10.4 Å².